The van der Waals surface area contributed by atoms with E-state index in [0.29, 0.717) is 18.5 Å². The molecule has 1 amide bonds. The molecule has 0 N–H and O–H groups in total. The fourth-order valence-electron chi connectivity index (χ4n) is 3.19. The monoisotopic (exact) mass is 351 g/mol. The van der Waals surface area contributed by atoms with Crippen LogP contribution in [0.25, 0.3) is 0 Å². The minimum atomic E-state index is -3.03. The summed E-state index contributed by atoms with van der Waals surface area (Å²) in [6.07, 6.45) is 0.766. The number of carbonyl (C=O) groups is 2. The Labute approximate surface area is 144 Å². The third-order valence-corrected chi connectivity index (χ3v) is 6.32. The third kappa shape index (κ3) is 4.44. The fourth-order valence-corrected chi connectivity index (χ4v) is 4.93. The number of sulfone groups is 1. The van der Waals surface area contributed by atoms with E-state index < -0.39 is 9.84 Å². The lowest BCUT2D eigenvalue weighted by molar-refractivity contribution is -0.132. The van der Waals surface area contributed by atoms with Crippen molar-refractivity contribution in [2.45, 2.75) is 46.1 Å². The average molecular weight is 351 g/mol. The standard InChI is InChI=1S/C18H25NO4S/c1-4-19(15-9-10-24(22,23)12-15)18(21)8-7-17(20)16-11-13(2)5-6-14(16)3/h5-6,11,15H,4,7-10,12H2,1-3H3. The average Bonchev–Trinajstić information content (AvgIpc) is 2.87. The normalized spacial score (nSPS) is 19.2. The van der Waals surface area contributed by atoms with E-state index in [2.05, 4.69) is 0 Å². The van der Waals surface area contributed by atoms with Gasteiger partial charge in [0.25, 0.3) is 0 Å². The third-order valence-electron chi connectivity index (χ3n) is 4.57. The summed E-state index contributed by atoms with van der Waals surface area (Å²) in [6.45, 7) is 6.13. The van der Waals surface area contributed by atoms with Gasteiger partial charge in [0.15, 0.2) is 15.6 Å². The topological polar surface area (TPSA) is 71.5 Å². The van der Waals surface area contributed by atoms with Gasteiger partial charge < -0.3 is 4.90 Å². The highest BCUT2D eigenvalue weighted by Gasteiger charge is 2.33. The summed E-state index contributed by atoms with van der Waals surface area (Å²) in [4.78, 5) is 26.4. The van der Waals surface area contributed by atoms with Crippen LogP contribution in [0.3, 0.4) is 0 Å². The Bertz CT molecular complexity index is 739. The second-order valence-electron chi connectivity index (χ2n) is 6.48. The van der Waals surface area contributed by atoms with Gasteiger partial charge in [-0.25, -0.2) is 8.42 Å². The molecule has 1 aliphatic rings. The highest BCUT2D eigenvalue weighted by Crippen LogP contribution is 2.20. The maximum absolute atomic E-state index is 12.4. The first-order valence-electron chi connectivity index (χ1n) is 8.34. The van der Waals surface area contributed by atoms with E-state index in [1.807, 2.05) is 39.0 Å². The molecule has 6 heteroatoms. The van der Waals surface area contributed by atoms with Gasteiger partial charge in [-0.2, -0.15) is 0 Å². The van der Waals surface area contributed by atoms with Gasteiger partial charge in [0.05, 0.1) is 11.5 Å². The summed E-state index contributed by atoms with van der Waals surface area (Å²) in [7, 11) is -3.03. The maximum Gasteiger partial charge on any atom is 0.223 e. The summed E-state index contributed by atoms with van der Waals surface area (Å²) in [5, 5.41) is 0. The summed E-state index contributed by atoms with van der Waals surface area (Å²) in [5.74, 6) is -0.00157. The SMILES string of the molecule is CCN(C(=O)CCC(=O)c1cc(C)ccc1C)C1CCS(=O)(=O)C1. The Morgan fingerprint density at radius 2 is 1.92 bits per heavy atom. The van der Waals surface area contributed by atoms with E-state index in [1.54, 1.807) is 4.90 Å². The van der Waals surface area contributed by atoms with Crippen molar-refractivity contribution < 1.29 is 18.0 Å². The van der Waals surface area contributed by atoms with Crippen LogP contribution < -0.4 is 0 Å². The van der Waals surface area contributed by atoms with E-state index in [1.165, 1.54) is 0 Å². The van der Waals surface area contributed by atoms with E-state index in [9.17, 15) is 18.0 Å². The number of nitrogens with zero attached hydrogens (tertiary/aromatic N) is 1. The van der Waals surface area contributed by atoms with E-state index in [-0.39, 0.29) is 42.1 Å². The molecule has 0 saturated carbocycles. The van der Waals surface area contributed by atoms with Crippen LogP contribution in [0.15, 0.2) is 18.2 Å². The number of benzene rings is 1. The molecule has 0 bridgehead atoms. The number of rotatable bonds is 6. The van der Waals surface area contributed by atoms with Gasteiger partial charge in [-0.15, -0.1) is 0 Å². The van der Waals surface area contributed by atoms with Gasteiger partial charge in [-0.05, 0) is 38.8 Å². The fraction of sp³-hybridized carbons (Fsp3) is 0.556. The van der Waals surface area contributed by atoms with Crippen molar-refractivity contribution in [3.05, 3.63) is 34.9 Å². The molecular weight excluding hydrogens is 326 g/mol. The molecule has 0 aliphatic carbocycles. The number of hydrogen-bond donors (Lipinski definition) is 0. The number of ketones is 1. The Morgan fingerprint density at radius 1 is 1.21 bits per heavy atom. The molecule has 1 fully saturated rings. The van der Waals surface area contributed by atoms with Crippen LogP contribution in [-0.4, -0.2) is 49.1 Å². The van der Waals surface area contributed by atoms with Gasteiger partial charge in [0.2, 0.25) is 5.91 Å². The molecular formula is C18H25NO4S. The number of hydrogen-bond acceptors (Lipinski definition) is 4. The van der Waals surface area contributed by atoms with Crippen LogP contribution in [0.5, 0.6) is 0 Å². The first-order chi connectivity index (χ1) is 11.2. The summed E-state index contributed by atoms with van der Waals surface area (Å²) < 4.78 is 23.2. The van der Waals surface area contributed by atoms with E-state index in [0.717, 1.165) is 11.1 Å². The zero-order valence-corrected chi connectivity index (χ0v) is 15.4. The summed E-state index contributed by atoms with van der Waals surface area (Å²) >= 11 is 0. The van der Waals surface area contributed by atoms with Gasteiger partial charge in [0.1, 0.15) is 0 Å². The van der Waals surface area contributed by atoms with Crippen LogP contribution in [0.2, 0.25) is 0 Å². The maximum atomic E-state index is 12.4. The van der Waals surface area contributed by atoms with Crippen LogP contribution >= 0.6 is 0 Å². The Balaban J connectivity index is 1.98. The molecule has 2 rings (SSSR count). The minimum Gasteiger partial charge on any atom is -0.339 e. The zero-order valence-electron chi connectivity index (χ0n) is 14.5. The van der Waals surface area contributed by atoms with E-state index >= 15 is 0 Å². The van der Waals surface area contributed by atoms with Crippen LogP contribution in [0.1, 0.15) is 47.7 Å². The minimum absolute atomic E-state index is 0.0392. The lowest BCUT2D eigenvalue weighted by Gasteiger charge is -2.26. The van der Waals surface area contributed by atoms with Gasteiger partial charge >= 0.3 is 0 Å². The van der Waals surface area contributed by atoms with Crippen molar-refractivity contribution in [3.8, 4) is 0 Å². The van der Waals surface area contributed by atoms with Crippen molar-refractivity contribution >= 4 is 21.5 Å². The number of aryl methyl sites for hydroxylation is 2. The Kier molecular flexibility index (Phi) is 5.80. The highest BCUT2D eigenvalue weighted by molar-refractivity contribution is 7.91. The van der Waals surface area contributed by atoms with Crippen molar-refractivity contribution in [3.63, 3.8) is 0 Å². The molecule has 0 spiro atoms. The lowest BCUT2D eigenvalue weighted by Crippen LogP contribution is -2.41. The molecule has 1 unspecified atom stereocenters. The second kappa shape index (κ2) is 7.47. The van der Waals surface area contributed by atoms with E-state index in [4.69, 9.17) is 0 Å². The van der Waals surface area contributed by atoms with Crippen LogP contribution in [-0.2, 0) is 14.6 Å². The first kappa shape index (κ1) is 18.6. The van der Waals surface area contributed by atoms with Crippen LogP contribution in [0, 0.1) is 13.8 Å². The number of amides is 1. The molecule has 1 aliphatic heterocycles. The van der Waals surface area contributed by atoms with Gasteiger partial charge in [0, 0.05) is 31.0 Å². The molecule has 1 atom stereocenters. The van der Waals surface area contributed by atoms with Crippen molar-refractivity contribution in [2.24, 2.45) is 0 Å². The second-order valence-corrected chi connectivity index (χ2v) is 8.71. The zero-order chi connectivity index (χ0) is 17.9. The molecule has 5 nitrogen and oxygen atoms in total. The number of carbonyl (C=O) groups excluding carboxylic acids is 2. The molecule has 132 valence electrons. The quantitative estimate of drug-likeness (QED) is 0.737. The molecule has 1 saturated heterocycles. The van der Waals surface area contributed by atoms with Crippen LogP contribution in [0.4, 0.5) is 0 Å². The molecule has 1 aromatic carbocycles. The van der Waals surface area contributed by atoms with Crippen molar-refractivity contribution in [1.82, 2.24) is 4.90 Å². The predicted octanol–water partition coefficient (Wildman–Crippen LogP) is 2.30. The van der Waals surface area contributed by atoms with Crippen molar-refractivity contribution in [1.29, 1.82) is 0 Å². The van der Waals surface area contributed by atoms with Crippen molar-refractivity contribution in [2.75, 3.05) is 18.1 Å². The predicted molar refractivity (Wildman–Crippen MR) is 93.9 cm³/mol. The molecule has 0 aromatic heterocycles. The lowest BCUT2D eigenvalue weighted by atomic mass is 9.99. The first-order valence-corrected chi connectivity index (χ1v) is 10.2. The number of Topliss-reactive ketones (excluding diaryl/α,β-unsaturated/α-hetero) is 1. The Morgan fingerprint density at radius 3 is 2.50 bits per heavy atom. The largest absolute Gasteiger partial charge is 0.339 e. The summed E-state index contributed by atoms with van der Waals surface area (Å²) in [5.41, 5.74) is 2.59. The highest BCUT2D eigenvalue weighted by atomic mass is 32.2. The smallest absolute Gasteiger partial charge is 0.223 e. The van der Waals surface area contributed by atoms with Gasteiger partial charge in [-0.3, -0.25) is 9.59 Å². The molecule has 1 heterocycles. The van der Waals surface area contributed by atoms with Gasteiger partial charge in [-0.1, -0.05) is 17.7 Å². The molecule has 1 aromatic rings. The summed E-state index contributed by atoms with van der Waals surface area (Å²) in [6, 6.07) is 5.47. The Hall–Kier alpha value is -1.69. The molecule has 0 radical (unpaired) electrons. The molecule has 24 heavy (non-hydrogen) atoms.